The monoisotopic (exact) mass is 510 g/mol. The van der Waals surface area contributed by atoms with Crippen LogP contribution >= 0.6 is 15.9 Å². The van der Waals surface area contributed by atoms with Crippen molar-refractivity contribution in [3.8, 4) is 6.01 Å². The average molecular weight is 511 g/mol. The topological polar surface area (TPSA) is 102 Å². The molecular weight excluding hydrogens is 488 g/mol. The highest BCUT2D eigenvalue weighted by atomic mass is 79.9. The number of piperidine rings is 1. The van der Waals surface area contributed by atoms with Crippen molar-refractivity contribution in [2.45, 2.75) is 23.8 Å². The van der Waals surface area contributed by atoms with Crippen molar-refractivity contribution in [1.82, 2.24) is 19.2 Å². The Kier molecular flexibility index (Phi) is 6.85. The second-order valence-corrected chi connectivity index (χ2v) is 10.2. The molecule has 0 spiro atoms. The molecule has 31 heavy (non-hydrogen) atoms. The molecule has 1 aromatic carbocycles. The van der Waals surface area contributed by atoms with E-state index in [0.717, 1.165) is 17.3 Å². The highest BCUT2D eigenvalue weighted by Crippen LogP contribution is 2.21. The molecule has 9 nitrogen and oxygen atoms in total. The van der Waals surface area contributed by atoms with Crippen molar-refractivity contribution in [2.75, 3.05) is 39.4 Å². The Morgan fingerprint density at radius 1 is 1.10 bits per heavy atom. The van der Waals surface area contributed by atoms with Crippen LogP contribution in [0.3, 0.4) is 0 Å². The van der Waals surface area contributed by atoms with Crippen LogP contribution in [0.15, 0.2) is 46.0 Å². The van der Waals surface area contributed by atoms with Gasteiger partial charge < -0.3 is 14.4 Å². The number of morpholine rings is 1. The number of amides is 1. The van der Waals surface area contributed by atoms with Crippen LogP contribution in [0, 0.1) is 0 Å². The Morgan fingerprint density at radius 3 is 2.45 bits per heavy atom. The van der Waals surface area contributed by atoms with E-state index >= 15 is 0 Å². The van der Waals surface area contributed by atoms with Crippen molar-refractivity contribution < 1.29 is 22.7 Å². The molecule has 2 fully saturated rings. The summed E-state index contributed by atoms with van der Waals surface area (Å²) in [6, 6.07) is 6.40. The lowest BCUT2D eigenvalue weighted by atomic mass is 10.1. The van der Waals surface area contributed by atoms with Crippen LogP contribution in [-0.2, 0) is 14.8 Å². The highest BCUT2D eigenvalue weighted by molar-refractivity contribution is 9.10. The summed E-state index contributed by atoms with van der Waals surface area (Å²) >= 11 is 3.29. The van der Waals surface area contributed by atoms with E-state index in [1.807, 2.05) is 0 Å². The Morgan fingerprint density at radius 2 is 1.77 bits per heavy atom. The molecule has 0 N–H and O–H groups in total. The number of carbonyl (C=O) groups excluding carboxylic acids is 1. The standard InChI is InChI=1S/C20H23BrN4O5S/c21-16-12-22-20(23-13-16)30-17-2-1-7-24(14-17)19(26)15-3-5-18(6-4-15)31(27,28)25-8-10-29-11-9-25/h3-6,12-13,17H,1-2,7-11,14H2. The molecule has 0 aliphatic carbocycles. The first-order valence-corrected chi connectivity index (χ1v) is 12.3. The van der Waals surface area contributed by atoms with E-state index in [0.29, 0.717) is 45.0 Å². The van der Waals surface area contributed by atoms with Gasteiger partial charge in [0.2, 0.25) is 10.0 Å². The first-order valence-electron chi connectivity index (χ1n) is 10.0. The molecule has 1 unspecified atom stereocenters. The predicted octanol–water partition coefficient (Wildman–Crippen LogP) is 1.94. The molecule has 1 amide bonds. The third-order valence-electron chi connectivity index (χ3n) is 5.24. The van der Waals surface area contributed by atoms with E-state index in [4.69, 9.17) is 9.47 Å². The highest BCUT2D eigenvalue weighted by Gasteiger charge is 2.28. The number of hydrogen-bond acceptors (Lipinski definition) is 7. The molecule has 4 rings (SSSR count). The van der Waals surface area contributed by atoms with Gasteiger partial charge in [0.25, 0.3) is 5.91 Å². The molecule has 166 valence electrons. The number of carbonyl (C=O) groups is 1. The molecule has 2 aliphatic heterocycles. The van der Waals surface area contributed by atoms with E-state index in [-0.39, 0.29) is 22.9 Å². The molecule has 3 heterocycles. The van der Waals surface area contributed by atoms with Crippen molar-refractivity contribution in [1.29, 1.82) is 0 Å². The SMILES string of the molecule is O=C(c1ccc(S(=O)(=O)N2CCOCC2)cc1)N1CCCC(Oc2ncc(Br)cn2)C1. The van der Waals surface area contributed by atoms with Crippen molar-refractivity contribution >= 4 is 31.9 Å². The van der Waals surface area contributed by atoms with Crippen molar-refractivity contribution in [3.63, 3.8) is 0 Å². The van der Waals surface area contributed by atoms with Gasteiger partial charge in [-0.1, -0.05) is 0 Å². The van der Waals surface area contributed by atoms with E-state index in [2.05, 4.69) is 25.9 Å². The molecule has 11 heteroatoms. The number of benzene rings is 1. The summed E-state index contributed by atoms with van der Waals surface area (Å²) in [5.74, 6) is -0.152. The van der Waals surface area contributed by atoms with Gasteiger partial charge in [0.15, 0.2) is 0 Å². The van der Waals surface area contributed by atoms with Crippen LogP contribution in [0.25, 0.3) is 0 Å². The van der Waals surface area contributed by atoms with E-state index in [1.54, 1.807) is 29.4 Å². The van der Waals surface area contributed by atoms with Crippen molar-refractivity contribution in [3.05, 3.63) is 46.7 Å². The van der Waals surface area contributed by atoms with Gasteiger partial charge in [-0.2, -0.15) is 4.31 Å². The van der Waals surface area contributed by atoms with Crippen LogP contribution < -0.4 is 4.74 Å². The minimum atomic E-state index is -3.58. The van der Waals surface area contributed by atoms with Gasteiger partial charge >= 0.3 is 6.01 Å². The molecule has 2 aliphatic rings. The fourth-order valence-corrected chi connectivity index (χ4v) is 5.23. The van der Waals surface area contributed by atoms with Gasteiger partial charge in [-0.05, 0) is 53.0 Å². The molecule has 2 aromatic rings. The van der Waals surface area contributed by atoms with Crippen molar-refractivity contribution in [2.24, 2.45) is 0 Å². The third-order valence-corrected chi connectivity index (χ3v) is 7.57. The maximum absolute atomic E-state index is 13.0. The lowest BCUT2D eigenvalue weighted by Crippen LogP contribution is -2.44. The zero-order chi connectivity index (χ0) is 21.8. The summed E-state index contributed by atoms with van der Waals surface area (Å²) in [6.45, 7) is 2.49. The van der Waals surface area contributed by atoms with Gasteiger partial charge in [0, 0.05) is 37.6 Å². The number of likely N-dealkylation sites (tertiary alicyclic amines) is 1. The molecule has 0 radical (unpaired) electrons. The minimum Gasteiger partial charge on any atom is -0.458 e. The van der Waals surface area contributed by atoms with Gasteiger partial charge in [0.1, 0.15) is 6.10 Å². The molecule has 0 bridgehead atoms. The van der Waals surface area contributed by atoms with Crippen LogP contribution in [-0.4, -0.2) is 79.0 Å². The molecule has 0 saturated carbocycles. The summed E-state index contributed by atoms with van der Waals surface area (Å²) in [5.41, 5.74) is 0.446. The Bertz CT molecular complexity index is 1010. The molecule has 1 aromatic heterocycles. The maximum atomic E-state index is 13.0. The van der Waals surface area contributed by atoms with Crippen LogP contribution in [0.1, 0.15) is 23.2 Å². The number of ether oxygens (including phenoxy) is 2. The number of sulfonamides is 1. The van der Waals surface area contributed by atoms with Crippen LogP contribution in [0.5, 0.6) is 6.01 Å². The fraction of sp³-hybridized carbons (Fsp3) is 0.450. The number of hydrogen-bond donors (Lipinski definition) is 0. The summed E-state index contributed by atoms with van der Waals surface area (Å²) in [4.78, 5) is 23.1. The van der Waals surface area contributed by atoms with Crippen LogP contribution in [0.4, 0.5) is 0 Å². The first-order chi connectivity index (χ1) is 14.9. The third kappa shape index (κ3) is 5.22. The second kappa shape index (κ2) is 9.60. The smallest absolute Gasteiger partial charge is 0.316 e. The number of halogens is 1. The Labute approximate surface area is 189 Å². The Hall–Kier alpha value is -2.08. The molecule has 1 atom stereocenters. The zero-order valence-corrected chi connectivity index (χ0v) is 19.2. The first kappa shape index (κ1) is 22.1. The number of nitrogens with zero attached hydrogens (tertiary/aromatic N) is 4. The summed E-state index contributed by atoms with van der Waals surface area (Å²) in [5, 5.41) is 0. The fourth-order valence-electron chi connectivity index (χ4n) is 3.62. The lowest BCUT2D eigenvalue weighted by molar-refractivity contribution is 0.0515. The van der Waals surface area contributed by atoms with Gasteiger partial charge in [0.05, 0.1) is 29.1 Å². The predicted molar refractivity (Wildman–Crippen MR) is 115 cm³/mol. The number of rotatable bonds is 5. The van der Waals surface area contributed by atoms with Crippen LogP contribution in [0.2, 0.25) is 0 Å². The van der Waals surface area contributed by atoms with E-state index in [9.17, 15) is 13.2 Å². The quantitative estimate of drug-likeness (QED) is 0.605. The summed E-state index contributed by atoms with van der Waals surface area (Å²) in [6.07, 6.45) is 4.64. The maximum Gasteiger partial charge on any atom is 0.316 e. The lowest BCUT2D eigenvalue weighted by Gasteiger charge is -2.32. The van der Waals surface area contributed by atoms with E-state index < -0.39 is 10.0 Å². The number of aromatic nitrogens is 2. The van der Waals surface area contributed by atoms with Gasteiger partial charge in [-0.25, -0.2) is 18.4 Å². The summed E-state index contributed by atoms with van der Waals surface area (Å²) in [7, 11) is -3.58. The second-order valence-electron chi connectivity index (χ2n) is 7.36. The average Bonchev–Trinajstić information content (AvgIpc) is 2.81. The largest absolute Gasteiger partial charge is 0.458 e. The minimum absolute atomic E-state index is 0.152. The van der Waals surface area contributed by atoms with Gasteiger partial charge in [-0.3, -0.25) is 4.79 Å². The van der Waals surface area contributed by atoms with Gasteiger partial charge in [-0.15, -0.1) is 0 Å². The molecular formula is C20H23BrN4O5S. The normalized spacial score (nSPS) is 20.4. The zero-order valence-electron chi connectivity index (χ0n) is 16.8. The molecule has 2 saturated heterocycles. The van der Waals surface area contributed by atoms with E-state index in [1.165, 1.54) is 16.4 Å². The summed E-state index contributed by atoms with van der Waals surface area (Å²) < 4.78 is 38.7. The Balaban J connectivity index is 1.41.